The van der Waals surface area contributed by atoms with Gasteiger partial charge in [0.1, 0.15) is 0 Å². The Morgan fingerprint density at radius 2 is 1.42 bits per heavy atom. The lowest BCUT2D eigenvalue weighted by Crippen LogP contribution is -2.54. The molecule has 3 aliphatic rings. The van der Waals surface area contributed by atoms with E-state index in [0.717, 1.165) is 23.7 Å². The van der Waals surface area contributed by atoms with Gasteiger partial charge in [-0.2, -0.15) is 0 Å². The van der Waals surface area contributed by atoms with Crippen molar-refractivity contribution in [1.29, 1.82) is 0 Å². The Hall–Kier alpha value is -0.0400. The molecule has 3 rings (SSSR count). The average Bonchev–Trinajstić information content (AvgIpc) is 2.82. The quantitative estimate of drug-likeness (QED) is 0.570. The molecule has 0 spiro atoms. The fourth-order valence-corrected chi connectivity index (χ4v) is 7.16. The minimum absolute atomic E-state index is 0.390. The van der Waals surface area contributed by atoms with Crippen LogP contribution in [0.25, 0.3) is 0 Å². The molecular weight excluding hydrogens is 290 g/mol. The van der Waals surface area contributed by atoms with E-state index in [1.165, 1.54) is 44.9 Å². The molecule has 3 fully saturated rings. The fourth-order valence-electron chi connectivity index (χ4n) is 7.16. The van der Waals surface area contributed by atoms with E-state index < -0.39 is 0 Å². The second-order valence-corrected chi connectivity index (χ2v) is 10.4. The topological polar surface area (TPSA) is 26.0 Å². The molecule has 142 valence electrons. The molecule has 7 atom stereocenters. The molecule has 0 saturated heterocycles. The number of fused-ring (bicyclic) bond motifs is 1. The van der Waals surface area contributed by atoms with Gasteiger partial charge in [-0.25, -0.2) is 0 Å². The first-order chi connectivity index (χ1) is 11.1. The molecule has 0 aromatic carbocycles. The maximum Gasteiger partial charge on any atom is 0.00443 e. The molecule has 7 unspecified atom stereocenters. The molecule has 1 heteroatoms. The average molecular weight is 336 g/mol. The van der Waals surface area contributed by atoms with Crippen LogP contribution in [-0.2, 0) is 0 Å². The Balaban J connectivity index is 0.00000100. The Morgan fingerprint density at radius 1 is 0.792 bits per heavy atom. The minimum Gasteiger partial charge on any atom is -0.328 e. The van der Waals surface area contributed by atoms with Gasteiger partial charge in [-0.15, -0.1) is 0 Å². The van der Waals surface area contributed by atoms with Crippen molar-refractivity contribution < 1.29 is 0 Å². The normalized spacial score (nSPS) is 50.6. The summed E-state index contributed by atoms with van der Waals surface area (Å²) in [5.41, 5.74) is 7.82. The summed E-state index contributed by atoms with van der Waals surface area (Å²) in [7, 11) is 0. The number of hydrogen-bond acceptors (Lipinski definition) is 1. The molecule has 0 heterocycles. The van der Waals surface area contributed by atoms with Crippen LogP contribution in [0.1, 0.15) is 100 Å². The van der Waals surface area contributed by atoms with Gasteiger partial charge in [-0.05, 0) is 84.9 Å². The van der Waals surface area contributed by atoms with Crippen molar-refractivity contribution in [3.05, 3.63) is 0 Å². The third kappa shape index (κ3) is 2.97. The van der Waals surface area contributed by atoms with Gasteiger partial charge >= 0.3 is 0 Å². The Bertz CT molecular complexity index is 428. The van der Waals surface area contributed by atoms with E-state index in [0.29, 0.717) is 22.3 Å². The van der Waals surface area contributed by atoms with Crippen LogP contribution in [0, 0.1) is 39.9 Å². The zero-order valence-electron chi connectivity index (χ0n) is 17.9. The van der Waals surface area contributed by atoms with Crippen molar-refractivity contribution in [3.63, 3.8) is 0 Å². The van der Waals surface area contributed by atoms with E-state index >= 15 is 0 Å². The van der Waals surface area contributed by atoms with Crippen molar-refractivity contribution in [2.45, 2.75) is 106 Å². The van der Waals surface area contributed by atoms with Crippen LogP contribution in [0.3, 0.4) is 0 Å². The van der Waals surface area contributed by atoms with Crippen molar-refractivity contribution in [1.82, 2.24) is 0 Å². The molecule has 0 bridgehead atoms. The molecule has 0 aromatic rings. The second kappa shape index (κ2) is 6.93. The summed E-state index contributed by atoms with van der Waals surface area (Å²) < 4.78 is 0. The van der Waals surface area contributed by atoms with Crippen molar-refractivity contribution >= 4 is 0 Å². The number of nitrogens with two attached hydrogens (primary N) is 1. The Kier molecular flexibility index (Phi) is 5.86. The lowest BCUT2D eigenvalue weighted by Gasteiger charge is -2.60. The van der Waals surface area contributed by atoms with E-state index in [-0.39, 0.29) is 0 Å². The largest absolute Gasteiger partial charge is 0.328 e. The zero-order valence-corrected chi connectivity index (χ0v) is 17.9. The first-order valence-electron chi connectivity index (χ1n) is 10.9. The van der Waals surface area contributed by atoms with Gasteiger partial charge in [0, 0.05) is 6.04 Å². The van der Waals surface area contributed by atoms with Crippen LogP contribution in [0.5, 0.6) is 0 Å². The highest BCUT2D eigenvalue weighted by Gasteiger charge is 2.57. The van der Waals surface area contributed by atoms with Crippen LogP contribution >= 0.6 is 0 Å². The summed E-state index contributed by atoms with van der Waals surface area (Å²) >= 11 is 0. The molecule has 2 N–H and O–H groups in total. The molecule has 24 heavy (non-hydrogen) atoms. The maximum absolute atomic E-state index is 6.32. The summed E-state index contributed by atoms with van der Waals surface area (Å²) in [6, 6.07) is 0.429. The zero-order chi connectivity index (χ0) is 18.3. The van der Waals surface area contributed by atoms with Crippen molar-refractivity contribution in [3.8, 4) is 0 Å². The van der Waals surface area contributed by atoms with E-state index in [9.17, 15) is 0 Å². The second-order valence-electron chi connectivity index (χ2n) is 10.4. The van der Waals surface area contributed by atoms with Crippen LogP contribution < -0.4 is 5.73 Å². The van der Waals surface area contributed by atoms with Crippen LogP contribution in [0.4, 0.5) is 0 Å². The van der Waals surface area contributed by atoms with Gasteiger partial charge in [-0.3, -0.25) is 0 Å². The lowest BCUT2D eigenvalue weighted by molar-refractivity contribution is -0.102. The number of rotatable bonds is 1. The maximum atomic E-state index is 6.32. The van der Waals surface area contributed by atoms with Crippen molar-refractivity contribution in [2.24, 2.45) is 45.7 Å². The van der Waals surface area contributed by atoms with Gasteiger partial charge in [0.2, 0.25) is 0 Å². The summed E-state index contributed by atoms with van der Waals surface area (Å²) in [6.45, 7) is 19.3. The van der Waals surface area contributed by atoms with Gasteiger partial charge in [0.05, 0.1) is 0 Å². The molecule has 1 nitrogen and oxygen atoms in total. The SMILES string of the molecule is CC.CC1C2CCC(C)C2(C)CCC1C1(C)CCC(N)CC1(C)C. The first-order valence-corrected chi connectivity index (χ1v) is 10.9. The molecule has 0 aromatic heterocycles. The summed E-state index contributed by atoms with van der Waals surface area (Å²) in [5, 5.41) is 0. The van der Waals surface area contributed by atoms with Crippen molar-refractivity contribution in [2.75, 3.05) is 0 Å². The Morgan fingerprint density at radius 3 is 2.00 bits per heavy atom. The lowest BCUT2D eigenvalue weighted by atomic mass is 9.45. The molecule has 0 amide bonds. The van der Waals surface area contributed by atoms with Crippen LogP contribution in [-0.4, -0.2) is 6.04 Å². The third-order valence-electron chi connectivity index (χ3n) is 9.32. The van der Waals surface area contributed by atoms with Crippen LogP contribution in [0.2, 0.25) is 0 Å². The molecule has 3 saturated carbocycles. The van der Waals surface area contributed by atoms with E-state index in [2.05, 4.69) is 41.5 Å². The van der Waals surface area contributed by atoms with Gasteiger partial charge in [0.15, 0.2) is 0 Å². The van der Waals surface area contributed by atoms with E-state index in [4.69, 9.17) is 5.73 Å². The van der Waals surface area contributed by atoms with Gasteiger partial charge < -0.3 is 5.73 Å². The van der Waals surface area contributed by atoms with E-state index in [1.807, 2.05) is 13.8 Å². The van der Waals surface area contributed by atoms with Gasteiger partial charge in [0.25, 0.3) is 0 Å². The highest BCUT2D eigenvalue weighted by molar-refractivity contribution is 5.07. The first kappa shape index (κ1) is 20.3. The Labute approximate surface area is 152 Å². The summed E-state index contributed by atoms with van der Waals surface area (Å²) in [6.07, 6.45) is 9.65. The fraction of sp³-hybridized carbons (Fsp3) is 1.00. The summed E-state index contributed by atoms with van der Waals surface area (Å²) in [5.74, 6) is 3.69. The standard InChI is InChI=1S/C21H39N.C2H6/c1-14-7-8-17-15(2)18(10-11-20(14,17)5)21(6)12-9-16(22)13-19(21,3)4;1-2/h14-18H,7-13,22H2,1-6H3;1-2H3. The van der Waals surface area contributed by atoms with E-state index in [1.54, 1.807) is 0 Å². The predicted molar refractivity (Wildman–Crippen MR) is 107 cm³/mol. The smallest absolute Gasteiger partial charge is 0.00443 e. The van der Waals surface area contributed by atoms with Crippen LogP contribution in [0.15, 0.2) is 0 Å². The monoisotopic (exact) mass is 335 g/mol. The number of hydrogen-bond donors (Lipinski definition) is 1. The molecular formula is C23H45N. The summed E-state index contributed by atoms with van der Waals surface area (Å²) in [4.78, 5) is 0. The molecule has 0 aliphatic heterocycles. The molecule has 3 aliphatic carbocycles. The molecule has 0 radical (unpaired) electrons. The predicted octanol–water partition coefficient (Wildman–Crippen LogP) is 6.65. The highest BCUT2D eigenvalue weighted by atomic mass is 14.7. The third-order valence-corrected chi connectivity index (χ3v) is 9.32. The minimum atomic E-state index is 0.390. The highest BCUT2D eigenvalue weighted by Crippen LogP contribution is 2.65. The van der Waals surface area contributed by atoms with Gasteiger partial charge in [-0.1, -0.05) is 55.4 Å².